The van der Waals surface area contributed by atoms with E-state index in [4.69, 9.17) is 11.5 Å². The predicted molar refractivity (Wildman–Crippen MR) is 73.4 cm³/mol. The van der Waals surface area contributed by atoms with Crippen LogP contribution >= 0.6 is 0 Å². The van der Waals surface area contributed by atoms with Gasteiger partial charge in [0, 0.05) is 0 Å². The molecule has 0 amide bonds. The van der Waals surface area contributed by atoms with E-state index in [-0.39, 0.29) is 26.9 Å². The van der Waals surface area contributed by atoms with E-state index in [2.05, 4.69) is 0 Å². The summed E-state index contributed by atoms with van der Waals surface area (Å²) >= 11 is 0. The molecule has 3 heteroatoms. The molecule has 0 aromatic heterocycles. The van der Waals surface area contributed by atoms with Crippen molar-refractivity contribution in [1.29, 1.82) is 0 Å². The molecule has 95 valence electrons. The van der Waals surface area contributed by atoms with E-state index in [1.54, 1.807) is 0 Å². The van der Waals surface area contributed by atoms with Crippen LogP contribution in [0.5, 0.6) is 0 Å². The second-order valence-corrected chi connectivity index (χ2v) is 3.78. The van der Waals surface area contributed by atoms with E-state index in [0.717, 1.165) is 11.1 Å². The van der Waals surface area contributed by atoms with Crippen molar-refractivity contribution >= 4 is 0 Å². The third-order valence-electron chi connectivity index (χ3n) is 2.65. The monoisotopic (exact) mass is 327 g/mol. The Balaban J connectivity index is 0.00000144. The minimum absolute atomic E-state index is 0. The van der Waals surface area contributed by atoms with Gasteiger partial charge in [-0.05, 0) is 0 Å². The van der Waals surface area contributed by atoms with Gasteiger partial charge in [-0.15, -0.1) is 12.1 Å². The molecule has 2 N–H and O–H groups in total. The SMILES string of the molecule is [CH3-].[NH-][C@H](c1ccccc1)[C@H]([NH-])c1ccccc1.[Ru+3]. The van der Waals surface area contributed by atoms with Crippen LogP contribution in [0, 0.1) is 7.43 Å². The Hall–Kier alpha value is -1.02. The third-order valence-corrected chi connectivity index (χ3v) is 2.65. The van der Waals surface area contributed by atoms with Gasteiger partial charge >= 0.3 is 19.5 Å². The molecule has 0 heterocycles. The minimum Gasteiger partial charge on any atom is -0.672 e. The fraction of sp³-hybridized carbons (Fsp3) is 0.133. The summed E-state index contributed by atoms with van der Waals surface area (Å²) in [7, 11) is 0. The smallest absolute Gasteiger partial charge is 0.672 e. The molecule has 0 fully saturated rings. The molecule has 18 heavy (non-hydrogen) atoms. The molecule has 0 saturated carbocycles. The van der Waals surface area contributed by atoms with Crippen molar-refractivity contribution in [3.8, 4) is 0 Å². The first-order valence-electron chi connectivity index (χ1n) is 5.31. The zero-order valence-corrected chi connectivity index (χ0v) is 12.0. The number of hydrogen-bond acceptors (Lipinski definition) is 0. The van der Waals surface area contributed by atoms with Crippen molar-refractivity contribution in [2.24, 2.45) is 0 Å². The van der Waals surface area contributed by atoms with E-state index >= 15 is 0 Å². The van der Waals surface area contributed by atoms with Gasteiger partial charge in [0.15, 0.2) is 0 Å². The molecule has 2 atom stereocenters. The van der Waals surface area contributed by atoms with Crippen molar-refractivity contribution in [2.45, 2.75) is 12.1 Å². The number of rotatable bonds is 3. The molecule has 0 aliphatic carbocycles. The first-order valence-corrected chi connectivity index (χ1v) is 5.31. The number of hydrogen-bond donors (Lipinski definition) is 0. The van der Waals surface area contributed by atoms with Crippen LogP contribution in [0.2, 0.25) is 0 Å². The van der Waals surface area contributed by atoms with Crippen LogP contribution in [0.15, 0.2) is 60.7 Å². The van der Waals surface area contributed by atoms with Crippen molar-refractivity contribution < 1.29 is 19.5 Å². The van der Waals surface area contributed by atoms with Gasteiger partial charge in [-0.3, -0.25) is 0 Å². The van der Waals surface area contributed by atoms with Gasteiger partial charge in [-0.25, -0.2) is 0 Å². The molecule has 0 spiro atoms. The van der Waals surface area contributed by atoms with E-state index in [9.17, 15) is 0 Å². The summed E-state index contributed by atoms with van der Waals surface area (Å²) in [6, 6.07) is 18.1. The maximum Gasteiger partial charge on any atom is 3.00 e. The number of nitrogens with one attached hydrogen (secondary N) is 2. The van der Waals surface area contributed by atoms with E-state index < -0.39 is 12.1 Å². The van der Waals surface area contributed by atoms with Crippen LogP contribution in [0.4, 0.5) is 0 Å². The molecule has 1 radical (unpaired) electrons. The van der Waals surface area contributed by atoms with E-state index in [0.29, 0.717) is 0 Å². The summed E-state index contributed by atoms with van der Waals surface area (Å²) in [5.74, 6) is 0. The average Bonchev–Trinajstić information content (AvgIpc) is 2.39. The Bertz CT molecular complexity index is 387. The van der Waals surface area contributed by atoms with Crippen LogP contribution in [-0.2, 0) is 19.5 Å². The third kappa shape index (κ3) is 4.02. The first kappa shape index (κ1) is 17.0. The van der Waals surface area contributed by atoms with E-state index in [1.807, 2.05) is 60.7 Å². The largest absolute Gasteiger partial charge is 3.00 e. The maximum absolute atomic E-state index is 8.07. The summed E-state index contributed by atoms with van der Waals surface area (Å²) in [4.78, 5) is 0. The molecule has 0 bridgehead atoms. The van der Waals surface area contributed by atoms with Gasteiger partial charge in [0.2, 0.25) is 0 Å². The van der Waals surface area contributed by atoms with Crippen LogP contribution < -0.4 is 0 Å². The van der Waals surface area contributed by atoms with Crippen LogP contribution in [0.3, 0.4) is 0 Å². The fourth-order valence-corrected chi connectivity index (χ4v) is 1.71. The van der Waals surface area contributed by atoms with Crippen molar-refractivity contribution in [1.82, 2.24) is 0 Å². The summed E-state index contributed by atoms with van der Waals surface area (Å²) < 4.78 is 0. The van der Waals surface area contributed by atoms with Crippen LogP contribution in [0.25, 0.3) is 11.5 Å². The van der Waals surface area contributed by atoms with Crippen LogP contribution in [0.1, 0.15) is 23.2 Å². The quantitative estimate of drug-likeness (QED) is 0.561. The zero-order chi connectivity index (χ0) is 11.4. The average molecular weight is 326 g/mol. The Labute approximate surface area is 122 Å². The maximum atomic E-state index is 8.07. The molecule has 2 nitrogen and oxygen atoms in total. The molecule has 0 aliphatic heterocycles. The second-order valence-electron chi connectivity index (χ2n) is 3.78. The topological polar surface area (TPSA) is 47.6 Å². The molecule has 2 rings (SSSR count). The fourth-order valence-electron chi connectivity index (χ4n) is 1.71. The standard InChI is InChI=1S/C14H14N2.CH3.Ru/c15-13(11-7-3-1-4-8-11)14(16)12-9-5-2-6-10-12;;/h1-10,13-16H;1H3;/q-2;-1;+3/t13-,14-;;/m1../s1. The molecule has 0 aliphatic rings. The molecule has 2 aromatic rings. The molecule has 0 saturated heterocycles. The zero-order valence-electron chi connectivity index (χ0n) is 10.3. The Kier molecular flexibility index (Phi) is 7.69. The van der Waals surface area contributed by atoms with Crippen LogP contribution in [-0.4, -0.2) is 0 Å². The van der Waals surface area contributed by atoms with Gasteiger partial charge < -0.3 is 18.9 Å². The molecule has 2 aromatic carbocycles. The predicted octanol–water partition coefficient (Wildman–Crippen LogP) is 5.02. The second kappa shape index (κ2) is 8.15. The molecule has 0 unspecified atom stereocenters. The first-order chi connectivity index (χ1) is 7.79. The van der Waals surface area contributed by atoms with Crippen molar-refractivity contribution in [3.63, 3.8) is 0 Å². The summed E-state index contributed by atoms with van der Waals surface area (Å²) in [6.45, 7) is 0. The molecular formula is C15H17N2Ru. The normalized spacial score (nSPS) is 12.8. The van der Waals surface area contributed by atoms with Gasteiger partial charge in [0.25, 0.3) is 0 Å². The Morgan fingerprint density at radius 3 is 1.17 bits per heavy atom. The molecular weight excluding hydrogens is 309 g/mol. The van der Waals surface area contributed by atoms with Gasteiger partial charge in [-0.1, -0.05) is 71.8 Å². The minimum atomic E-state index is -0.524. The van der Waals surface area contributed by atoms with Gasteiger partial charge in [0.05, 0.1) is 0 Å². The van der Waals surface area contributed by atoms with Gasteiger partial charge in [-0.2, -0.15) is 0 Å². The van der Waals surface area contributed by atoms with Gasteiger partial charge in [0.1, 0.15) is 0 Å². The van der Waals surface area contributed by atoms with Crippen molar-refractivity contribution in [3.05, 3.63) is 90.7 Å². The Morgan fingerprint density at radius 1 is 0.611 bits per heavy atom. The summed E-state index contributed by atoms with van der Waals surface area (Å²) in [5, 5.41) is 0. The summed E-state index contributed by atoms with van der Waals surface area (Å²) in [6.07, 6.45) is 0. The van der Waals surface area contributed by atoms with E-state index in [1.165, 1.54) is 0 Å². The van der Waals surface area contributed by atoms with Crippen molar-refractivity contribution in [2.75, 3.05) is 0 Å². The summed E-state index contributed by atoms with van der Waals surface area (Å²) in [5.41, 5.74) is 17.9. The number of benzene rings is 2. The Morgan fingerprint density at radius 2 is 0.889 bits per heavy atom.